The van der Waals surface area contributed by atoms with Crippen molar-refractivity contribution < 1.29 is 8.42 Å². The highest BCUT2D eigenvalue weighted by Gasteiger charge is 2.57. The van der Waals surface area contributed by atoms with Crippen LogP contribution in [0.1, 0.15) is 37.5 Å². The summed E-state index contributed by atoms with van der Waals surface area (Å²) in [6.45, 7) is 15.7. The van der Waals surface area contributed by atoms with Crippen molar-refractivity contribution in [3.63, 3.8) is 0 Å². The first kappa shape index (κ1) is 16.2. The fraction of sp³-hybridized carbons (Fsp3) is 0.529. The molecule has 1 saturated heterocycles. The summed E-state index contributed by atoms with van der Waals surface area (Å²) in [4.78, 5) is 0.461. The highest BCUT2D eigenvalue weighted by Crippen LogP contribution is 2.44. The summed E-state index contributed by atoms with van der Waals surface area (Å²) in [5.41, 5.74) is 3.65. The predicted octanol–water partition coefficient (Wildman–Crippen LogP) is 3.59. The second kappa shape index (κ2) is 5.25. The number of nitrogens with zero attached hydrogens (tertiary/aromatic N) is 1. The van der Waals surface area contributed by atoms with Crippen LogP contribution in [0.15, 0.2) is 29.2 Å². The quantitative estimate of drug-likeness (QED) is 0.630. The van der Waals surface area contributed by atoms with Gasteiger partial charge in [-0.3, -0.25) is 0 Å². The van der Waals surface area contributed by atoms with Gasteiger partial charge in [-0.05, 0) is 44.7 Å². The molecule has 1 aliphatic heterocycles. The van der Waals surface area contributed by atoms with Crippen LogP contribution in [0.4, 0.5) is 0 Å². The van der Waals surface area contributed by atoms with E-state index < -0.39 is 10.0 Å². The van der Waals surface area contributed by atoms with Crippen molar-refractivity contribution in [1.29, 1.82) is 0 Å². The fourth-order valence-electron chi connectivity index (χ4n) is 3.38. The molecule has 0 saturated carbocycles. The van der Waals surface area contributed by atoms with Crippen LogP contribution in [0.3, 0.4) is 0 Å². The molecule has 1 unspecified atom stereocenters. The third kappa shape index (κ3) is 2.67. The van der Waals surface area contributed by atoms with Gasteiger partial charge in [0.15, 0.2) is 0 Å². The molecule has 1 aromatic carbocycles. The maximum absolute atomic E-state index is 13.1. The van der Waals surface area contributed by atoms with Crippen LogP contribution in [0.25, 0.3) is 0 Å². The smallest absolute Gasteiger partial charge is 0.207 e. The van der Waals surface area contributed by atoms with Crippen molar-refractivity contribution in [2.45, 2.75) is 58.5 Å². The Bertz CT molecular complexity index is 666. The summed E-state index contributed by atoms with van der Waals surface area (Å²) < 4.78 is 27.8. The molecule has 116 valence electrons. The first-order valence-corrected chi connectivity index (χ1v) is 8.79. The first-order chi connectivity index (χ1) is 9.59. The summed E-state index contributed by atoms with van der Waals surface area (Å²) in [5, 5.41) is 0. The molecular formula is C17H25NO2S. The molecule has 1 aliphatic rings. The lowest BCUT2D eigenvalue weighted by Crippen LogP contribution is -2.20. The molecule has 0 bridgehead atoms. The van der Waals surface area contributed by atoms with Gasteiger partial charge in [0.05, 0.1) is 10.9 Å². The molecule has 2 rings (SSSR count). The van der Waals surface area contributed by atoms with E-state index in [1.54, 1.807) is 4.31 Å². The van der Waals surface area contributed by atoms with E-state index in [0.29, 0.717) is 4.90 Å². The number of sulfonamides is 1. The molecule has 3 atom stereocenters. The normalized spacial score (nSPS) is 25.2. The minimum atomic E-state index is -3.46. The van der Waals surface area contributed by atoms with E-state index in [1.807, 2.05) is 39.8 Å². The third-order valence-corrected chi connectivity index (χ3v) is 6.32. The van der Waals surface area contributed by atoms with E-state index in [0.717, 1.165) is 22.3 Å². The van der Waals surface area contributed by atoms with Crippen LogP contribution in [0, 0.1) is 26.7 Å². The highest BCUT2D eigenvalue weighted by molar-refractivity contribution is 7.89. The van der Waals surface area contributed by atoms with Crippen molar-refractivity contribution in [2.75, 3.05) is 0 Å². The second-order valence-corrected chi connectivity index (χ2v) is 8.37. The van der Waals surface area contributed by atoms with E-state index in [1.165, 1.54) is 0 Å². The average molecular weight is 307 g/mol. The van der Waals surface area contributed by atoms with Gasteiger partial charge in [-0.15, -0.1) is 0 Å². The van der Waals surface area contributed by atoms with Crippen molar-refractivity contribution in [1.82, 2.24) is 4.31 Å². The summed E-state index contributed by atoms with van der Waals surface area (Å²) >= 11 is 0. The molecule has 0 radical (unpaired) electrons. The van der Waals surface area contributed by atoms with E-state index in [-0.39, 0.29) is 18.0 Å². The Morgan fingerprint density at radius 1 is 1.19 bits per heavy atom. The number of benzene rings is 1. The Labute approximate surface area is 128 Å². The van der Waals surface area contributed by atoms with Gasteiger partial charge < -0.3 is 0 Å². The zero-order valence-electron chi connectivity index (χ0n) is 13.8. The van der Waals surface area contributed by atoms with Gasteiger partial charge in [-0.1, -0.05) is 43.7 Å². The zero-order valence-corrected chi connectivity index (χ0v) is 14.6. The van der Waals surface area contributed by atoms with Crippen LogP contribution in [0.2, 0.25) is 0 Å². The first-order valence-electron chi connectivity index (χ1n) is 7.35. The van der Waals surface area contributed by atoms with E-state index in [9.17, 15) is 8.42 Å². The van der Waals surface area contributed by atoms with Crippen molar-refractivity contribution >= 4 is 10.0 Å². The lowest BCUT2D eigenvalue weighted by atomic mass is 10.1. The fourth-order valence-corrected chi connectivity index (χ4v) is 5.76. The largest absolute Gasteiger partial charge is 0.244 e. The second-order valence-electron chi connectivity index (χ2n) is 6.59. The summed E-state index contributed by atoms with van der Waals surface area (Å²) in [5.74, 6) is 0.285. The SMILES string of the molecule is C=C(C)[C@@H]1[C@H](C(C)C)N1S(=O)(=O)c1c(C)cc(C)cc1C. The molecule has 1 heterocycles. The predicted molar refractivity (Wildman–Crippen MR) is 86.9 cm³/mol. The molecular weight excluding hydrogens is 282 g/mol. The van der Waals surface area contributed by atoms with Gasteiger partial charge in [0.2, 0.25) is 10.0 Å². The van der Waals surface area contributed by atoms with Gasteiger partial charge >= 0.3 is 0 Å². The van der Waals surface area contributed by atoms with Gasteiger partial charge in [0.1, 0.15) is 0 Å². The minimum Gasteiger partial charge on any atom is -0.207 e. The minimum absolute atomic E-state index is 0.0348. The topological polar surface area (TPSA) is 37.1 Å². The van der Waals surface area contributed by atoms with Crippen LogP contribution < -0.4 is 0 Å². The van der Waals surface area contributed by atoms with Crippen LogP contribution in [-0.2, 0) is 10.0 Å². The summed E-state index contributed by atoms with van der Waals surface area (Å²) in [7, 11) is -3.46. The third-order valence-electron chi connectivity index (χ3n) is 4.13. The molecule has 0 amide bonds. The monoisotopic (exact) mass is 307 g/mol. The Morgan fingerprint density at radius 2 is 1.67 bits per heavy atom. The summed E-state index contributed by atoms with van der Waals surface area (Å²) in [6, 6.07) is 3.84. The Kier molecular flexibility index (Phi) is 4.06. The maximum atomic E-state index is 13.1. The molecule has 1 fully saturated rings. The van der Waals surface area contributed by atoms with Crippen LogP contribution in [0.5, 0.6) is 0 Å². The standard InChI is InChI=1S/C17H25NO2S/c1-10(2)15-16(11(3)4)18(15)21(19,20)17-13(6)8-12(5)9-14(17)7/h8-9,11,15-16H,1H2,2-7H3/t15-,16+,18?/m1/s1. The molecule has 1 aromatic rings. The zero-order chi connectivity index (χ0) is 16.1. The van der Waals surface area contributed by atoms with Crippen LogP contribution in [-0.4, -0.2) is 24.8 Å². The van der Waals surface area contributed by atoms with Crippen molar-refractivity contribution in [3.8, 4) is 0 Å². The maximum Gasteiger partial charge on any atom is 0.244 e. The molecule has 0 N–H and O–H groups in total. The molecule has 4 heteroatoms. The van der Waals surface area contributed by atoms with Gasteiger partial charge in [-0.25, -0.2) is 8.42 Å². The number of hydrogen-bond acceptors (Lipinski definition) is 2. The molecule has 0 aliphatic carbocycles. The lowest BCUT2D eigenvalue weighted by Gasteiger charge is -2.14. The van der Waals surface area contributed by atoms with E-state index in [4.69, 9.17) is 0 Å². The number of rotatable bonds is 4. The van der Waals surface area contributed by atoms with Gasteiger partial charge in [0, 0.05) is 6.04 Å². The molecule has 3 nitrogen and oxygen atoms in total. The highest BCUT2D eigenvalue weighted by atomic mass is 32.2. The van der Waals surface area contributed by atoms with Crippen LogP contribution >= 0.6 is 0 Å². The van der Waals surface area contributed by atoms with Crippen molar-refractivity contribution in [3.05, 3.63) is 41.0 Å². The Hall–Kier alpha value is -1.13. The molecule has 0 spiro atoms. The number of aryl methyl sites for hydroxylation is 3. The molecule has 21 heavy (non-hydrogen) atoms. The van der Waals surface area contributed by atoms with Crippen molar-refractivity contribution in [2.24, 2.45) is 5.92 Å². The van der Waals surface area contributed by atoms with E-state index >= 15 is 0 Å². The van der Waals surface area contributed by atoms with Gasteiger partial charge in [0.25, 0.3) is 0 Å². The molecule has 0 aromatic heterocycles. The average Bonchev–Trinajstić information content (AvgIpc) is 3.02. The van der Waals surface area contributed by atoms with E-state index in [2.05, 4.69) is 20.4 Å². The van der Waals surface area contributed by atoms with Gasteiger partial charge in [-0.2, -0.15) is 4.31 Å². The number of hydrogen-bond donors (Lipinski definition) is 0. The summed E-state index contributed by atoms with van der Waals surface area (Å²) in [6.07, 6.45) is 0. The Balaban J connectivity index is 2.52. The Morgan fingerprint density at radius 3 is 2.00 bits per heavy atom. The lowest BCUT2D eigenvalue weighted by molar-refractivity contribution is 0.516.